The fourth-order valence-corrected chi connectivity index (χ4v) is 3.93. The van der Waals surface area contributed by atoms with Crippen LogP contribution >= 0.6 is 11.3 Å². The summed E-state index contributed by atoms with van der Waals surface area (Å²) in [6.07, 6.45) is 2.85. The molecule has 1 aliphatic rings. The van der Waals surface area contributed by atoms with E-state index in [9.17, 15) is 9.59 Å². The van der Waals surface area contributed by atoms with Gasteiger partial charge < -0.3 is 14.1 Å². The topological polar surface area (TPSA) is 72.6 Å². The van der Waals surface area contributed by atoms with Gasteiger partial charge in [0.1, 0.15) is 0 Å². The predicted octanol–water partition coefficient (Wildman–Crippen LogP) is 4.00. The van der Waals surface area contributed by atoms with Crippen molar-refractivity contribution in [2.45, 2.75) is 19.4 Å². The van der Waals surface area contributed by atoms with Crippen LogP contribution in [-0.2, 0) is 16.1 Å². The monoisotopic (exact) mass is 396 g/mol. The van der Waals surface area contributed by atoms with Gasteiger partial charge in [0.25, 0.3) is 5.91 Å². The molecule has 28 heavy (non-hydrogen) atoms. The molecule has 1 saturated heterocycles. The standard InChI is InChI=1S/C21H20N2O4S/c24-20(18-7-4-12-28-18)23-10-8-16(9-11-23)21(25)26-14-19-22-13-17(27-19)15-5-2-1-3-6-15/h1-7,12-13,16H,8-11,14H2. The summed E-state index contributed by atoms with van der Waals surface area (Å²) in [5.41, 5.74) is 0.926. The lowest BCUT2D eigenvalue weighted by atomic mass is 9.97. The first kappa shape index (κ1) is 18.4. The molecule has 3 heterocycles. The minimum atomic E-state index is -0.261. The molecule has 0 atom stereocenters. The van der Waals surface area contributed by atoms with E-state index in [0.717, 1.165) is 10.4 Å². The number of rotatable bonds is 5. The van der Waals surface area contributed by atoms with Crippen LogP contribution in [0.4, 0.5) is 0 Å². The number of benzene rings is 1. The summed E-state index contributed by atoms with van der Waals surface area (Å²) in [7, 11) is 0. The third-order valence-corrected chi connectivity index (χ3v) is 5.66. The fraction of sp³-hybridized carbons (Fsp3) is 0.286. The van der Waals surface area contributed by atoms with Gasteiger partial charge in [0.2, 0.25) is 5.89 Å². The summed E-state index contributed by atoms with van der Waals surface area (Å²) in [6.45, 7) is 1.14. The van der Waals surface area contributed by atoms with Crippen LogP contribution in [0.15, 0.2) is 58.5 Å². The minimum Gasteiger partial charge on any atom is -0.455 e. The average molecular weight is 396 g/mol. The Morgan fingerprint density at radius 3 is 2.64 bits per heavy atom. The van der Waals surface area contributed by atoms with Crippen molar-refractivity contribution in [3.05, 3.63) is 64.8 Å². The molecule has 6 nitrogen and oxygen atoms in total. The van der Waals surface area contributed by atoms with Crippen molar-refractivity contribution in [2.24, 2.45) is 5.92 Å². The van der Waals surface area contributed by atoms with Crippen molar-refractivity contribution < 1.29 is 18.7 Å². The smallest absolute Gasteiger partial charge is 0.309 e. The van der Waals surface area contributed by atoms with E-state index in [4.69, 9.17) is 9.15 Å². The first-order chi connectivity index (χ1) is 13.7. The molecular weight excluding hydrogens is 376 g/mol. The summed E-state index contributed by atoms with van der Waals surface area (Å²) in [4.78, 5) is 31.4. The zero-order valence-corrected chi connectivity index (χ0v) is 16.1. The Morgan fingerprint density at radius 2 is 1.93 bits per heavy atom. The van der Waals surface area contributed by atoms with Crippen molar-refractivity contribution in [3.63, 3.8) is 0 Å². The van der Waals surface area contributed by atoms with Gasteiger partial charge in [-0.3, -0.25) is 9.59 Å². The lowest BCUT2D eigenvalue weighted by Crippen LogP contribution is -2.40. The van der Waals surface area contributed by atoms with Gasteiger partial charge in [0.05, 0.1) is 17.0 Å². The third-order valence-electron chi connectivity index (χ3n) is 4.80. The van der Waals surface area contributed by atoms with Gasteiger partial charge in [-0.25, -0.2) is 4.98 Å². The number of amides is 1. The molecule has 3 aromatic rings. The van der Waals surface area contributed by atoms with E-state index in [2.05, 4.69) is 4.98 Å². The Hall–Kier alpha value is -2.93. The molecule has 1 aromatic carbocycles. The maximum atomic E-state index is 12.4. The van der Waals surface area contributed by atoms with Gasteiger partial charge in [-0.2, -0.15) is 0 Å². The molecule has 0 unspecified atom stereocenters. The number of carbonyl (C=O) groups is 2. The van der Waals surface area contributed by atoms with Crippen LogP contribution in [0, 0.1) is 5.92 Å². The number of hydrogen-bond donors (Lipinski definition) is 0. The Kier molecular flexibility index (Phi) is 5.53. The van der Waals surface area contributed by atoms with E-state index in [-0.39, 0.29) is 24.4 Å². The maximum absolute atomic E-state index is 12.4. The van der Waals surface area contributed by atoms with Gasteiger partial charge in [0.15, 0.2) is 12.4 Å². The summed E-state index contributed by atoms with van der Waals surface area (Å²) < 4.78 is 11.0. The van der Waals surface area contributed by atoms with Crippen LogP contribution in [0.2, 0.25) is 0 Å². The molecule has 1 fully saturated rings. The summed E-state index contributed by atoms with van der Waals surface area (Å²) in [5, 5.41) is 1.89. The first-order valence-electron chi connectivity index (χ1n) is 9.20. The van der Waals surface area contributed by atoms with E-state index < -0.39 is 0 Å². The molecule has 0 spiro atoms. The highest BCUT2D eigenvalue weighted by atomic mass is 32.1. The fourth-order valence-electron chi connectivity index (χ4n) is 3.24. The van der Waals surface area contributed by atoms with Crippen molar-refractivity contribution in [1.82, 2.24) is 9.88 Å². The molecule has 0 saturated carbocycles. The van der Waals surface area contributed by atoms with Gasteiger partial charge in [0, 0.05) is 18.7 Å². The largest absolute Gasteiger partial charge is 0.455 e. The molecular formula is C21H20N2O4S. The lowest BCUT2D eigenvalue weighted by molar-refractivity contribution is -0.152. The summed E-state index contributed by atoms with van der Waals surface area (Å²) in [6, 6.07) is 13.3. The molecule has 0 radical (unpaired) electrons. The molecule has 144 valence electrons. The molecule has 1 amide bonds. The second kappa shape index (κ2) is 8.39. The molecule has 1 aliphatic heterocycles. The van der Waals surface area contributed by atoms with Crippen LogP contribution in [-0.4, -0.2) is 34.8 Å². The van der Waals surface area contributed by atoms with Crippen LogP contribution in [0.1, 0.15) is 28.4 Å². The highest BCUT2D eigenvalue weighted by molar-refractivity contribution is 7.12. The zero-order valence-electron chi connectivity index (χ0n) is 15.2. The summed E-state index contributed by atoms with van der Waals surface area (Å²) >= 11 is 1.44. The van der Waals surface area contributed by atoms with E-state index in [1.165, 1.54) is 11.3 Å². The van der Waals surface area contributed by atoms with Crippen LogP contribution < -0.4 is 0 Å². The minimum absolute atomic E-state index is 0.0139. The van der Waals surface area contributed by atoms with E-state index in [1.54, 1.807) is 11.1 Å². The number of piperidine rings is 1. The lowest BCUT2D eigenvalue weighted by Gasteiger charge is -2.30. The second-order valence-corrected chi connectivity index (χ2v) is 7.58. The van der Waals surface area contributed by atoms with Crippen molar-refractivity contribution in [1.29, 1.82) is 0 Å². The van der Waals surface area contributed by atoms with Gasteiger partial charge in [-0.15, -0.1) is 11.3 Å². The Balaban J connectivity index is 1.26. The number of esters is 1. The van der Waals surface area contributed by atoms with Crippen LogP contribution in [0.3, 0.4) is 0 Å². The van der Waals surface area contributed by atoms with E-state index in [0.29, 0.717) is 37.6 Å². The molecule has 0 N–H and O–H groups in total. The number of ether oxygens (including phenoxy) is 1. The number of oxazole rings is 1. The molecule has 0 bridgehead atoms. The van der Waals surface area contributed by atoms with Crippen LogP contribution in [0.25, 0.3) is 11.3 Å². The summed E-state index contributed by atoms with van der Waals surface area (Å²) in [5.74, 6) is 0.596. The highest BCUT2D eigenvalue weighted by Gasteiger charge is 2.29. The second-order valence-electron chi connectivity index (χ2n) is 6.64. The van der Waals surface area contributed by atoms with Crippen molar-refractivity contribution >= 4 is 23.2 Å². The molecule has 2 aromatic heterocycles. The number of likely N-dealkylation sites (tertiary alicyclic amines) is 1. The normalized spacial score (nSPS) is 14.8. The Morgan fingerprint density at radius 1 is 1.14 bits per heavy atom. The van der Waals surface area contributed by atoms with Gasteiger partial charge in [-0.05, 0) is 24.3 Å². The quantitative estimate of drug-likeness (QED) is 0.610. The number of nitrogens with zero attached hydrogens (tertiary/aromatic N) is 2. The zero-order chi connectivity index (χ0) is 19.3. The number of carbonyl (C=O) groups excluding carboxylic acids is 2. The van der Waals surface area contributed by atoms with Crippen molar-refractivity contribution in [3.8, 4) is 11.3 Å². The Bertz CT molecular complexity index is 928. The molecule has 4 rings (SSSR count). The van der Waals surface area contributed by atoms with Gasteiger partial charge in [-0.1, -0.05) is 36.4 Å². The van der Waals surface area contributed by atoms with Crippen LogP contribution in [0.5, 0.6) is 0 Å². The first-order valence-corrected chi connectivity index (χ1v) is 10.1. The Labute approximate surface area is 166 Å². The average Bonchev–Trinajstić information content (AvgIpc) is 3.44. The predicted molar refractivity (Wildman–Crippen MR) is 105 cm³/mol. The number of hydrogen-bond acceptors (Lipinski definition) is 6. The van der Waals surface area contributed by atoms with E-state index >= 15 is 0 Å². The van der Waals surface area contributed by atoms with Gasteiger partial charge >= 0.3 is 5.97 Å². The molecule has 0 aliphatic carbocycles. The maximum Gasteiger partial charge on any atom is 0.309 e. The van der Waals surface area contributed by atoms with Crippen molar-refractivity contribution in [2.75, 3.05) is 13.1 Å². The molecule has 7 heteroatoms. The highest BCUT2D eigenvalue weighted by Crippen LogP contribution is 2.23. The third kappa shape index (κ3) is 4.14. The SMILES string of the molecule is O=C(OCc1ncc(-c2ccccc2)o1)C1CCN(C(=O)c2cccs2)CC1. The number of thiophene rings is 1. The number of aromatic nitrogens is 1. The van der Waals surface area contributed by atoms with E-state index in [1.807, 2.05) is 47.8 Å².